The van der Waals surface area contributed by atoms with Gasteiger partial charge in [-0.3, -0.25) is 4.79 Å². The van der Waals surface area contributed by atoms with E-state index >= 15 is 0 Å². The second kappa shape index (κ2) is 7.86. The van der Waals surface area contributed by atoms with E-state index in [0.29, 0.717) is 0 Å². The van der Waals surface area contributed by atoms with E-state index in [1.807, 2.05) is 0 Å². The second-order valence-corrected chi connectivity index (χ2v) is 6.61. The van der Waals surface area contributed by atoms with Gasteiger partial charge >= 0.3 is 6.36 Å². The summed E-state index contributed by atoms with van der Waals surface area (Å²) < 4.78 is 47.2. The van der Waals surface area contributed by atoms with E-state index in [1.165, 1.54) is 30.5 Å². The standard InChI is InChI=1S/C17H15F3N2O3S/c18-17(19,20)25-14-6-2-1-5-13(14)22-15(23)12-4-3-8-21-16(12)24-11-7-9-26-10-11/h1-6,8,11H,7,9-10H2,(H,22,23)/t11-/m0/s1. The summed E-state index contributed by atoms with van der Waals surface area (Å²) in [5, 5.41) is 2.43. The highest BCUT2D eigenvalue weighted by molar-refractivity contribution is 7.99. The molecular weight excluding hydrogens is 369 g/mol. The Balaban J connectivity index is 1.79. The molecular formula is C17H15F3N2O3S. The first-order valence-corrected chi connectivity index (χ1v) is 8.93. The molecule has 0 aliphatic carbocycles. The predicted molar refractivity (Wildman–Crippen MR) is 91.7 cm³/mol. The van der Waals surface area contributed by atoms with Crippen LogP contribution in [0.1, 0.15) is 16.8 Å². The Labute approximate surface area is 151 Å². The number of pyridine rings is 1. The molecule has 1 amide bonds. The van der Waals surface area contributed by atoms with Crippen LogP contribution in [0, 0.1) is 0 Å². The van der Waals surface area contributed by atoms with Crippen LogP contribution in [0.4, 0.5) is 18.9 Å². The van der Waals surface area contributed by atoms with Gasteiger partial charge in [-0.2, -0.15) is 11.8 Å². The fourth-order valence-corrected chi connectivity index (χ4v) is 3.49. The van der Waals surface area contributed by atoms with Gasteiger partial charge in [0.25, 0.3) is 5.91 Å². The summed E-state index contributed by atoms with van der Waals surface area (Å²) in [5.41, 5.74) is 0.0484. The number of thioether (sulfide) groups is 1. The molecule has 0 saturated carbocycles. The molecule has 1 saturated heterocycles. The third kappa shape index (κ3) is 4.81. The number of hydrogen-bond donors (Lipinski definition) is 1. The molecule has 0 spiro atoms. The van der Waals surface area contributed by atoms with Gasteiger partial charge in [-0.1, -0.05) is 12.1 Å². The van der Waals surface area contributed by atoms with Gasteiger partial charge in [-0.15, -0.1) is 13.2 Å². The number of benzene rings is 1. The minimum atomic E-state index is -4.86. The van der Waals surface area contributed by atoms with Crippen LogP contribution < -0.4 is 14.8 Å². The number of anilines is 1. The summed E-state index contributed by atoms with van der Waals surface area (Å²) in [6, 6.07) is 8.39. The van der Waals surface area contributed by atoms with Crippen molar-refractivity contribution in [3.05, 3.63) is 48.2 Å². The van der Waals surface area contributed by atoms with Crippen LogP contribution in [0.2, 0.25) is 0 Å². The molecule has 2 aromatic rings. The highest BCUT2D eigenvalue weighted by atomic mass is 32.2. The minimum Gasteiger partial charge on any atom is -0.473 e. The smallest absolute Gasteiger partial charge is 0.473 e. The predicted octanol–water partition coefficient (Wildman–Crippen LogP) is 4.12. The highest BCUT2D eigenvalue weighted by Crippen LogP contribution is 2.31. The Hall–Kier alpha value is -2.42. The molecule has 1 atom stereocenters. The Morgan fingerprint density at radius 1 is 1.23 bits per heavy atom. The van der Waals surface area contributed by atoms with Crippen LogP contribution in [-0.4, -0.2) is 34.9 Å². The van der Waals surface area contributed by atoms with Crippen LogP contribution in [0.25, 0.3) is 0 Å². The molecule has 26 heavy (non-hydrogen) atoms. The number of amides is 1. The molecule has 1 aromatic carbocycles. The largest absolute Gasteiger partial charge is 0.573 e. The molecule has 9 heteroatoms. The average molecular weight is 384 g/mol. The second-order valence-electron chi connectivity index (χ2n) is 5.46. The van der Waals surface area contributed by atoms with Crippen LogP contribution >= 0.6 is 11.8 Å². The van der Waals surface area contributed by atoms with Gasteiger partial charge in [0.2, 0.25) is 5.88 Å². The van der Waals surface area contributed by atoms with Gasteiger partial charge in [0, 0.05) is 11.9 Å². The lowest BCUT2D eigenvalue weighted by Crippen LogP contribution is -2.21. The van der Waals surface area contributed by atoms with Gasteiger partial charge in [0.1, 0.15) is 11.7 Å². The molecule has 5 nitrogen and oxygen atoms in total. The van der Waals surface area contributed by atoms with Crippen molar-refractivity contribution in [2.24, 2.45) is 0 Å². The van der Waals surface area contributed by atoms with Crippen molar-refractivity contribution < 1.29 is 27.4 Å². The molecule has 2 heterocycles. The van der Waals surface area contributed by atoms with Gasteiger partial charge in [0.15, 0.2) is 5.75 Å². The first kappa shape index (κ1) is 18.4. The number of hydrogen-bond acceptors (Lipinski definition) is 5. The number of alkyl halides is 3. The number of ether oxygens (including phenoxy) is 2. The summed E-state index contributed by atoms with van der Waals surface area (Å²) >= 11 is 1.75. The van der Waals surface area contributed by atoms with Crippen molar-refractivity contribution in [1.82, 2.24) is 4.98 Å². The van der Waals surface area contributed by atoms with Crippen molar-refractivity contribution in [2.75, 3.05) is 16.8 Å². The van der Waals surface area contributed by atoms with E-state index < -0.39 is 18.0 Å². The molecule has 1 N–H and O–H groups in total. The van der Waals surface area contributed by atoms with Crippen LogP contribution in [0.15, 0.2) is 42.6 Å². The Kier molecular flexibility index (Phi) is 5.55. The highest BCUT2D eigenvalue weighted by Gasteiger charge is 2.32. The summed E-state index contributed by atoms with van der Waals surface area (Å²) in [5.74, 6) is 0.816. The minimum absolute atomic E-state index is 0.0395. The third-order valence-electron chi connectivity index (χ3n) is 3.54. The maximum atomic E-state index is 12.6. The van der Waals surface area contributed by atoms with Gasteiger partial charge in [0.05, 0.1) is 5.69 Å². The normalized spacial score (nSPS) is 17.0. The first-order valence-electron chi connectivity index (χ1n) is 7.78. The Bertz CT molecular complexity index is 780. The number of rotatable bonds is 5. The number of nitrogens with zero attached hydrogens (tertiary/aromatic N) is 1. The number of para-hydroxylation sites is 2. The summed E-state index contributed by atoms with van der Waals surface area (Å²) in [4.78, 5) is 16.6. The fraction of sp³-hybridized carbons (Fsp3) is 0.294. The number of aromatic nitrogens is 1. The van der Waals surface area contributed by atoms with Crippen molar-refractivity contribution in [3.63, 3.8) is 0 Å². The van der Waals surface area contributed by atoms with Crippen LogP contribution in [0.3, 0.4) is 0 Å². The fourth-order valence-electron chi connectivity index (χ4n) is 2.39. The first-order chi connectivity index (χ1) is 12.4. The molecule has 1 fully saturated rings. The summed E-state index contributed by atoms with van der Waals surface area (Å²) in [7, 11) is 0. The van der Waals surface area contributed by atoms with Crippen LogP contribution in [-0.2, 0) is 0 Å². The maximum Gasteiger partial charge on any atom is 0.573 e. The van der Waals surface area contributed by atoms with E-state index in [2.05, 4.69) is 15.0 Å². The number of carbonyl (C=O) groups is 1. The van der Waals surface area contributed by atoms with E-state index in [-0.39, 0.29) is 23.2 Å². The Morgan fingerprint density at radius 2 is 2.04 bits per heavy atom. The van der Waals surface area contributed by atoms with Crippen molar-refractivity contribution in [3.8, 4) is 11.6 Å². The summed E-state index contributed by atoms with van der Waals surface area (Å²) in [6.07, 6.45) is -2.55. The number of carbonyl (C=O) groups excluding carboxylic acids is 1. The van der Waals surface area contributed by atoms with E-state index in [4.69, 9.17) is 4.74 Å². The molecule has 0 bridgehead atoms. The monoisotopic (exact) mass is 384 g/mol. The number of halogens is 3. The molecule has 1 aliphatic heterocycles. The molecule has 1 aromatic heterocycles. The molecule has 138 valence electrons. The SMILES string of the molecule is O=C(Nc1ccccc1OC(F)(F)F)c1cccnc1O[C@H]1CCSC1. The van der Waals surface area contributed by atoms with E-state index in [1.54, 1.807) is 17.8 Å². The average Bonchev–Trinajstić information content (AvgIpc) is 3.09. The lowest BCUT2D eigenvalue weighted by Gasteiger charge is -2.16. The molecule has 0 radical (unpaired) electrons. The molecule has 0 unspecified atom stereocenters. The quantitative estimate of drug-likeness (QED) is 0.841. The zero-order chi connectivity index (χ0) is 18.6. The number of nitrogens with one attached hydrogen (secondary N) is 1. The van der Waals surface area contributed by atoms with Crippen molar-refractivity contribution >= 4 is 23.4 Å². The van der Waals surface area contributed by atoms with Crippen molar-refractivity contribution in [1.29, 1.82) is 0 Å². The van der Waals surface area contributed by atoms with Gasteiger partial charge < -0.3 is 14.8 Å². The molecule has 1 aliphatic rings. The Morgan fingerprint density at radius 3 is 2.77 bits per heavy atom. The van der Waals surface area contributed by atoms with E-state index in [0.717, 1.165) is 24.0 Å². The zero-order valence-corrected chi connectivity index (χ0v) is 14.3. The van der Waals surface area contributed by atoms with Crippen molar-refractivity contribution in [2.45, 2.75) is 18.9 Å². The maximum absolute atomic E-state index is 12.6. The van der Waals surface area contributed by atoms with Crippen LogP contribution in [0.5, 0.6) is 11.6 Å². The van der Waals surface area contributed by atoms with Gasteiger partial charge in [-0.05, 0) is 36.4 Å². The lowest BCUT2D eigenvalue weighted by atomic mass is 10.2. The van der Waals surface area contributed by atoms with E-state index in [9.17, 15) is 18.0 Å². The van der Waals surface area contributed by atoms with Gasteiger partial charge in [-0.25, -0.2) is 4.98 Å². The third-order valence-corrected chi connectivity index (χ3v) is 4.67. The molecule has 3 rings (SSSR count). The topological polar surface area (TPSA) is 60.5 Å². The zero-order valence-electron chi connectivity index (χ0n) is 13.5. The summed E-state index contributed by atoms with van der Waals surface area (Å²) in [6.45, 7) is 0. The lowest BCUT2D eigenvalue weighted by molar-refractivity contribution is -0.274.